The highest BCUT2D eigenvalue weighted by atomic mass is 16.7. The van der Waals surface area contributed by atoms with Crippen molar-refractivity contribution in [2.45, 2.75) is 80.1 Å². The summed E-state index contributed by atoms with van der Waals surface area (Å²) in [7, 11) is 0. The molecule has 0 aliphatic heterocycles. The summed E-state index contributed by atoms with van der Waals surface area (Å²) in [5, 5.41) is 100.0. The van der Waals surface area contributed by atoms with Gasteiger partial charge in [-0.25, -0.2) is 0 Å². The molecule has 5 rings (SSSR count). The number of nitrogens with zero attached hydrogens (tertiary/aromatic N) is 8. The summed E-state index contributed by atoms with van der Waals surface area (Å²) in [5.41, 5.74) is 0.142. The molecule has 0 N–H and O–H groups in total. The SMILES string of the molecule is Cc1cc(C)c(B(c2ccc(B(c3c(C)cc(C)cc3C([N+](=O)[O-])[N+](=O)[O-])c3c(C)cc(C)cc3C([N+](=O)[O-])[N+](=O)[O-])cc2)c2c(C)cc(C)cc2C([N+](=O)[O-])[N+](=O)[O-])c(C([N+](=O)[O-])[N+](=O)[O-])c1. The second-order valence-electron chi connectivity index (χ2n) is 16.6. The fourth-order valence-corrected chi connectivity index (χ4v) is 9.53. The van der Waals surface area contributed by atoms with Gasteiger partial charge in [-0.15, -0.1) is 0 Å². The van der Waals surface area contributed by atoms with E-state index >= 15 is 0 Å². The zero-order valence-corrected chi connectivity index (χ0v) is 37.5. The van der Waals surface area contributed by atoms with Crippen LogP contribution in [0.1, 0.15) is 91.4 Å². The average molecular weight is 934 g/mol. The van der Waals surface area contributed by atoms with Crippen molar-refractivity contribution in [1.82, 2.24) is 0 Å². The Bertz CT molecular complexity index is 2560. The fourth-order valence-electron chi connectivity index (χ4n) is 9.53. The van der Waals surface area contributed by atoms with E-state index in [1.807, 2.05) is 0 Å². The summed E-state index contributed by atoms with van der Waals surface area (Å²) in [6, 6.07) is 16.4. The first-order chi connectivity index (χ1) is 31.7. The van der Waals surface area contributed by atoms with Crippen LogP contribution in [0.4, 0.5) is 0 Å². The van der Waals surface area contributed by atoms with E-state index in [-0.39, 0.29) is 55.0 Å². The van der Waals surface area contributed by atoms with Crippen LogP contribution in [-0.4, -0.2) is 52.8 Å². The van der Waals surface area contributed by atoms with Gasteiger partial charge in [0.2, 0.25) is 13.4 Å². The van der Waals surface area contributed by atoms with E-state index in [0.717, 1.165) is 0 Å². The van der Waals surface area contributed by atoms with Crippen molar-refractivity contribution < 1.29 is 39.4 Å². The summed E-state index contributed by atoms with van der Waals surface area (Å²) in [6.45, 7) is 9.02. The lowest BCUT2D eigenvalue weighted by molar-refractivity contribution is -0.752. The molecule has 350 valence electrons. The van der Waals surface area contributed by atoms with Crippen molar-refractivity contribution in [2.75, 3.05) is 0 Å². The summed E-state index contributed by atoms with van der Waals surface area (Å²) >= 11 is 0. The van der Waals surface area contributed by atoms with Crippen molar-refractivity contribution in [1.29, 1.82) is 0 Å². The van der Waals surface area contributed by atoms with Crippen molar-refractivity contribution >= 4 is 46.2 Å². The largest absolute Gasteiger partial charge is 0.476 e. The molecule has 68 heavy (non-hydrogen) atoms. The van der Waals surface area contributed by atoms with Crippen molar-refractivity contribution in [3.05, 3.63) is 220 Å². The van der Waals surface area contributed by atoms with Gasteiger partial charge in [0.1, 0.15) is 39.4 Å². The van der Waals surface area contributed by atoms with E-state index in [2.05, 4.69) is 0 Å². The van der Waals surface area contributed by atoms with Crippen molar-refractivity contribution in [3.63, 3.8) is 0 Å². The molecule has 24 nitrogen and oxygen atoms in total. The van der Waals surface area contributed by atoms with Crippen LogP contribution in [0.15, 0.2) is 72.8 Å². The number of nitro groups is 8. The molecule has 5 aromatic carbocycles. The van der Waals surface area contributed by atoms with Crippen LogP contribution in [0.25, 0.3) is 0 Å². The number of hydrogen-bond acceptors (Lipinski definition) is 16. The molecule has 0 aromatic heterocycles. The Kier molecular flexibility index (Phi) is 14.5. The minimum atomic E-state index is -2.61. The Balaban J connectivity index is 2.03. The fraction of sp³-hybridized carbons (Fsp3) is 0.286. The summed E-state index contributed by atoms with van der Waals surface area (Å²) in [4.78, 5) is 90.9. The van der Waals surface area contributed by atoms with E-state index < -0.39 is 99.7 Å². The smallest absolute Gasteiger partial charge is 0.258 e. The third-order valence-electron chi connectivity index (χ3n) is 11.7. The lowest BCUT2D eigenvalue weighted by Crippen LogP contribution is -2.59. The first-order valence-electron chi connectivity index (χ1n) is 20.3. The predicted molar refractivity (Wildman–Crippen MR) is 246 cm³/mol. The Hall–Kier alpha value is -8.57. The van der Waals surface area contributed by atoms with Gasteiger partial charge in [0, 0.05) is 0 Å². The molecule has 0 aliphatic rings. The minimum absolute atomic E-state index is 0.0772. The molecule has 0 unspecified atom stereocenters. The highest BCUT2D eigenvalue weighted by Crippen LogP contribution is 2.27. The van der Waals surface area contributed by atoms with Crippen LogP contribution in [0, 0.1) is 136 Å². The maximum absolute atomic E-state index is 12.5. The summed E-state index contributed by atoms with van der Waals surface area (Å²) < 4.78 is 0. The standard InChI is InChI=1S/C42H40B2N8O16/c1-21-13-25(5)35(31(17-21)39(45(53)54)46(55)56)43(36-26(6)14-22(2)18-32(36)40(47(57)58)48(59)60)29-9-11-30(12-10-29)44(37-27(7)15-23(3)19-33(37)41(49(61)62)50(63)64)38-28(8)16-24(4)20-34(38)42(51(65)66)52(67)68/h9-20,39-42H,1-8H3. The highest BCUT2D eigenvalue weighted by Gasteiger charge is 2.48. The van der Waals surface area contributed by atoms with Gasteiger partial charge in [0.25, 0.3) is 0 Å². The zero-order chi connectivity index (χ0) is 51.0. The molecule has 5 aromatic rings. The second kappa shape index (κ2) is 19.5. The monoisotopic (exact) mass is 934 g/mol. The van der Waals surface area contributed by atoms with E-state index in [0.29, 0.717) is 22.3 Å². The van der Waals surface area contributed by atoms with Gasteiger partial charge in [-0.1, -0.05) is 104 Å². The van der Waals surface area contributed by atoms with Crippen LogP contribution in [0.3, 0.4) is 0 Å². The molecule has 26 heteroatoms. The first-order valence-corrected chi connectivity index (χ1v) is 20.3. The number of hydrogen-bond donors (Lipinski definition) is 0. The van der Waals surface area contributed by atoms with Crippen LogP contribution in [-0.2, 0) is 0 Å². The van der Waals surface area contributed by atoms with Crippen LogP contribution >= 0.6 is 0 Å². The molecule has 0 aliphatic carbocycles. The molecular formula is C42H40B2N8O16. The lowest BCUT2D eigenvalue weighted by atomic mass is 9.32. The zero-order valence-electron chi connectivity index (χ0n) is 37.5. The molecule has 0 atom stereocenters. The predicted octanol–water partition coefficient (Wildman–Crippen LogP) is 3.39. The average Bonchev–Trinajstić information content (AvgIpc) is 3.17. The Morgan fingerprint density at radius 3 is 0.618 bits per heavy atom. The number of rotatable bonds is 18. The van der Waals surface area contributed by atoms with Gasteiger partial charge in [-0.2, -0.15) is 0 Å². The topological polar surface area (TPSA) is 345 Å². The van der Waals surface area contributed by atoms with E-state index in [1.165, 1.54) is 104 Å². The highest BCUT2D eigenvalue weighted by molar-refractivity contribution is 6.98. The number of benzene rings is 5. The Labute approximate surface area is 385 Å². The molecule has 0 spiro atoms. The Morgan fingerprint density at radius 1 is 0.309 bits per heavy atom. The van der Waals surface area contributed by atoms with Crippen molar-refractivity contribution in [2.24, 2.45) is 0 Å². The molecule has 0 bridgehead atoms. The number of aryl methyl sites for hydroxylation is 8. The summed E-state index contributed by atoms with van der Waals surface area (Å²) in [6.07, 6.45) is -10.4. The summed E-state index contributed by atoms with van der Waals surface area (Å²) in [5.74, 6) is 0. The van der Waals surface area contributed by atoms with Gasteiger partial charge in [0.15, 0.2) is 0 Å². The molecule has 0 saturated heterocycles. The molecule has 0 amide bonds. The van der Waals surface area contributed by atoms with E-state index in [9.17, 15) is 80.9 Å². The van der Waals surface area contributed by atoms with Crippen LogP contribution < -0.4 is 32.8 Å². The molecule has 0 fully saturated rings. The van der Waals surface area contributed by atoms with E-state index in [1.54, 1.807) is 24.3 Å². The van der Waals surface area contributed by atoms with Gasteiger partial charge in [-0.05, 0) is 102 Å². The van der Waals surface area contributed by atoms with Gasteiger partial charge in [0.05, 0.1) is 22.3 Å². The maximum atomic E-state index is 12.5. The van der Waals surface area contributed by atoms with Crippen molar-refractivity contribution in [3.8, 4) is 0 Å². The normalized spacial score (nSPS) is 11.2. The van der Waals surface area contributed by atoms with Crippen LogP contribution in [0.2, 0.25) is 0 Å². The van der Waals surface area contributed by atoms with Gasteiger partial charge >= 0.3 is 24.7 Å². The molecule has 0 radical (unpaired) electrons. The molecule has 0 saturated carbocycles. The second-order valence-corrected chi connectivity index (χ2v) is 16.6. The molecule has 0 heterocycles. The van der Waals surface area contributed by atoms with Gasteiger partial charge < -0.3 is 0 Å². The quantitative estimate of drug-likeness (QED) is 0.0526. The minimum Gasteiger partial charge on any atom is -0.258 e. The lowest BCUT2D eigenvalue weighted by Gasteiger charge is -2.27. The first kappa shape index (κ1) is 50.4. The van der Waals surface area contributed by atoms with Crippen LogP contribution in [0.5, 0.6) is 0 Å². The molecular weight excluding hydrogens is 894 g/mol. The van der Waals surface area contributed by atoms with Gasteiger partial charge in [-0.3, -0.25) is 80.9 Å². The third kappa shape index (κ3) is 9.68. The van der Waals surface area contributed by atoms with E-state index in [4.69, 9.17) is 0 Å². The third-order valence-corrected chi connectivity index (χ3v) is 11.7. The Morgan fingerprint density at radius 2 is 0.471 bits per heavy atom. The maximum Gasteiger partial charge on any atom is 0.476 e.